The van der Waals surface area contributed by atoms with Gasteiger partial charge in [0.25, 0.3) is 11.8 Å². The zero-order valence-corrected chi connectivity index (χ0v) is 17.7. The largest absolute Gasteiger partial charge is 0.336 e. The number of fused-ring (bicyclic) bond motifs is 1. The number of aryl methyl sites for hydroxylation is 1. The molecule has 5 rings (SSSR count). The van der Waals surface area contributed by atoms with Gasteiger partial charge in [0, 0.05) is 23.7 Å². The van der Waals surface area contributed by atoms with Crippen molar-refractivity contribution in [2.24, 2.45) is 0 Å². The molecule has 1 aromatic heterocycles. The molecule has 2 aromatic carbocycles. The van der Waals surface area contributed by atoms with Gasteiger partial charge in [0.15, 0.2) is 0 Å². The van der Waals surface area contributed by atoms with E-state index in [1.807, 2.05) is 40.6 Å². The van der Waals surface area contributed by atoms with E-state index in [1.165, 1.54) is 33.9 Å². The summed E-state index contributed by atoms with van der Waals surface area (Å²) in [5.74, 6) is -0.815. The summed E-state index contributed by atoms with van der Waals surface area (Å²) in [7, 11) is 0. The molecule has 3 aromatic rings. The van der Waals surface area contributed by atoms with E-state index in [2.05, 4.69) is 6.07 Å². The van der Waals surface area contributed by atoms with Gasteiger partial charge in [-0.25, -0.2) is 4.39 Å². The summed E-state index contributed by atoms with van der Waals surface area (Å²) >= 11 is 1.47. The van der Waals surface area contributed by atoms with Gasteiger partial charge in [0.1, 0.15) is 11.5 Å². The Morgan fingerprint density at radius 2 is 1.74 bits per heavy atom. The van der Waals surface area contributed by atoms with Crippen LogP contribution in [0.15, 0.2) is 71.7 Å². The minimum absolute atomic E-state index is 0.257. The third-order valence-electron chi connectivity index (χ3n) is 5.83. The Balaban J connectivity index is 1.51. The molecule has 31 heavy (non-hydrogen) atoms. The van der Waals surface area contributed by atoms with E-state index in [1.54, 1.807) is 12.1 Å². The van der Waals surface area contributed by atoms with Gasteiger partial charge < -0.3 is 4.90 Å². The Morgan fingerprint density at radius 3 is 2.52 bits per heavy atom. The maximum absolute atomic E-state index is 13.6. The first-order chi connectivity index (χ1) is 15.1. The van der Waals surface area contributed by atoms with Crippen molar-refractivity contribution in [3.8, 4) is 0 Å². The van der Waals surface area contributed by atoms with Crippen LogP contribution >= 0.6 is 11.3 Å². The number of benzene rings is 2. The van der Waals surface area contributed by atoms with E-state index in [4.69, 9.17) is 0 Å². The molecule has 6 heteroatoms. The zero-order valence-electron chi connectivity index (χ0n) is 16.9. The number of anilines is 1. The lowest BCUT2D eigenvalue weighted by Crippen LogP contribution is -2.38. The zero-order chi connectivity index (χ0) is 21.4. The number of rotatable bonds is 5. The van der Waals surface area contributed by atoms with Gasteiger partial charge in [-0.2, -0.15) is 0 Å². The van der Waals surface area contributed by atoms with Crippen LogP contribution < -0.4 is 4.90 Å². The summed E-state index contributed by atoms with van der Waals surface area (Å²) in [6, 6.07) is 18.0. The highest BCUT2D eigenvalue weighted by Gasteiger charge is 2.42. The van der Waals surface area contributed by atoms with Crippen molar-refractivity contribution in [1.29, 1.82) is 0 Å². The van der Waals surface area contributed by atoms with E-state index in [9.17, 15) is 14.0 Å². The predicted molar refractivity (Wildman–Crippen MR) is 120 cm³/mol. The van der Waals surface area contributed by atoms with E-state index < -0.39 is 0 Å². The van der Waals surface area contributed by atoms with Crippen molar-refractivity contribution >= 4 is 34.4 Å². The van der Waals surface area contributed by atoms with Gasteiger partial charge in [-0.05, 0) is 60.0 Å². The molecule has 2 amide bonds. The van der Waals surface area contributed by atoms with Crippen LogP contribution in [0.2, 0.25) is 0 Å². The van der Waals surface area contributed by atoms with Crippen LogP contribution in [0.1, 0.15) is 22.4 Å². The Morgan fingerprint density at radius 1 is 0.935 bits per heavy atom. The first kappa shape index (κ1) is 19.7. The number of thiophene rings is 1. The lowest BCUT2D eigenvalue weighted by molar-refractivity contribution is -0.136. The van der Waals surface area contributed by atoms with Gasteiger partial charge in [0.2, 0.25) is 0 Å². The molecule has 4 nitrogen and oxygen atoms in total. The molecule has 0 N–H and O–H groups in total. The third kappa shape index (κ3) is 3.57. The lowest BCUT2D eigenvalue weighted by atomic mass is 10.00. The van der Waals surface area contributed by atoms with E-state index in [0.717, 1.165) is 29.0 Å². The summed E-state index contributed by atoms with van der Waals surface area (Å²) in [5.41, 5.74) is 4.03. The summed E-state index contributed by atoms with van der Waals surface area (Å²) in [5, 5.41) is 1.92. The quantitative estimate of drug-likeness (QED) is 0.551. The first-order valence-corrected chi connectivity index (χ1v) is 11.3. The van der Waals surface area contributed by atoms with E-state index in [-0.39, 0.29) is 24.2 Å². The fourth-order valence-corrected chi connectivity index (χ4v) is 5.08. The summed E-state index contributed by atoms with van der Waals surface area (Å²) in [6.45, 7) is 0.962. The number of carbonyl (C=O) groups excluding carboxylic acids is 2. The van der Waals surface area contributed by atoms with Crippen LogP contribution in [-0.2, 0) is 22.4 Å². The molecule has 156 valence electrons. The molecule has 0 saturated carbocycles. The number of nitrogens with zero attached hydrogens (tertiary/aromatic N) is 2. The number of halogens is 1. The van der Waals surface area contributed by atoms with Crippen LogP contribution in [0.5, 0.6) is 0 Å². The van der Waals surface area contributed by atoms with Crippen molar-refractivity contribution in [1.82, 2.24) is 4.90 Å². The summed E-state index contributed by atoms with van der Waals surface area (Å²) in [6.07, 6.45) is 2.37. The van der Waals surface area contributed by atoms with Gasteiger partial charge in [-0.15, -0.1) is 11.3 Å². The molecule has 0 unspecified atom stereocenters. The van der Waals surface area contributed by atoms with Gasteiger partial charge in [0.05, 0.1) is 5.57 Å². The second kappa shape index (κ2) is 8.12. The Labute approximate surface area is 184 Å². The molecular weight excluding hydrogens is 411 g/mol. The molecule has 3 heterocycles. The van der Waals surface area contributed by atoms with Gasteiger partial charge in [-0.1, -0.05) is 36.4 Å². The number of amides is 2. The maximum atomic E-state index is 13.6. The molecule has 0 aliphatic carbocycles. The number of para-hydroxylation sites is 1. The third-order valence-corrected chi connectivity index (χ3v) is 6.72. The van der Waals surface area contributed by atoms with Crippen LogP contribution in [0.3, 0.4) is 0 Å². The summed E-state index contributed by atoms with van der Waals surface area (Å²) < 4.78 is 13.2. The minimum atomic E-state index is -0.301. The Hall–Kier alpha value is -3.25. The topological polar surface area (TPSA) is 40.6 Å². The highest BCUT2D eigenvalue weighted by atomic mass is 32.1. The van der Waals surface area contributed by atoms with Crippen LogP contribution in [-0.4, -0.2) is 29.8 Å². The average molecular weight is 433 g/mol. The molecule has 0 spiro atoms. The smallest absolute Gasteiger partial charge is 0.278 e. The van der Waals surface area contributed by atoms with E-state index >= 15 is 0 Å². The van der Waals surface area contributed by atoms with Gasteiger partial charge in [-0.3, -0.25) is 14.5 Å². The molecule has 0 bridgehead atoms. The highest BCUT2D eigenvalue weighted by Crippen LogP contribution is 2.39. The Kier molecular flexibility index (Phi) is 5.16. The molecule has 0 saturated heterocycles. The van der Waals surface area contributed by atoms with Crippen LogP contribution in [0.4, 0.5) is 10.1 Å². The highest BCUT2D eigenvalue weighted by molar-refractivity contribution is 7.11. The van der Waals surface area contributed by atoms with Crippen molar-refractivity contribution in [2.45, 2.75) is 19.3 Å². The fraction of sp³-hybridized carbons (Fsp3) is 0.200. The second-order valence-corrected chi connectivity index (χ2v) is 8.67. The van der Waals surface area contributed by atoms with Crippen molar-refractivity contribution in [2.75, 3.05) is 18.0 Å². The number of carbonyl (C=O) groups is 2. The molecule has 0 atom stereocenters. The number of imide groups is 1. The van der Waals surface area contributed by atoms with Crippen molar-refractivity contribution in [3.05, 3.63) is 93.6 Å². The monoisotopic (exact) mass is 432 g/mol. The molecular formula is C25H21FN2O2S. The van der Waals surface area contributed by atoms with Crippen molar-refractivity contribution < 1.29 is 14.0 Å². The van der Waals surface area contributed by atoms with Gasteiger partial charge >= 0.3 is 0 Å². The van der Waals surface area contributed by atoms with Crippen molar-refractivity contribution in [3.63, 3.8) is 0 Å². The first-order valence-electron chi connectivity index (χ1n) is 10.4. The number of hydrogen-bond acceptors (Lipinski definition) is 4. The predicted octanol–water partition coefficient (Wildman–Crippen LogP) is 4.66. The second-order valence-electron chi connectivity index (χ2n) is 7.72. The summed E-state index contributed by atoms with van der Waals surface area (Å²) in [4.78, 5) is 31.1. The SMILES string of the molecule is O=C1C(c2cccs2)=C(N2CCCc3ccccc32)C(=O)N1CCc1ccc(F)cc1. The molecule has 0 radical (unpaired) electrons. The maximum Gasteiger partial charge on any atom is 0.278 e. The lowest BCUT2D eigenvalue weighted by Gasteiger charge is -2.32. The number of hydrogen-bond donors (Lipinski definition) is 0. The molecule has 2 aliphatic heterocycles. The standard InChI is InChI=1S/C25H21FN2O2S/c26-19-11-9-17(10-12-19)13-15-28-24(29)22(21-8-4-16-31-21)23(25(28)30)27-14-3-6-18-5-1-2-7-20(18)27/h1-2,4-5,7-12,16H,3,6,13-15H2. The molecule has 0 fully saturated rings. The van der Waals surface area contributed by atoms with Crippen LogP contribution in [0, 0.1) is 5.82 Å². The Bertz CT molecular complexity index is 1170. The normalized spacial score (nSPS) is 16.3. The average Bonchev–Trinajstić information content (AvgIpc) is 3.40. The molecule has 2 aliphatic rings. The fourth-order valence-electron chi connectivity index (χ4n) is 4.32. The minimum Gasteiger partial charge on any atom is -0.336 e. The van der Waals surface area contributed by atoms with Crippen LogP contribution in [0.25, 0.3) is 5.57 Å². The van der Waals surface area contributed by atoms with E-state index in [0.29, 0.717) is 24.2 Å².